The zero-order valence-electron chi connectivity index (χ0n) is 15.5. The van der Waals surface area contributed by atoms with E-state index in [1.807, 2.05) is 20.8 Å². The van der Waals surface area contributed by atoms with E-state index in [1.165, 1.54) is 32.4 Å². The van der Waals surface area contributed by atoms with Crippen LogP contribution in [0.15, 0.2) is 0 Å². The first kappa shape index (κ1) is 18.5. The Hall–Kier alpha value is -0.810. The Morgan fingerprint density at radius 2 is 1.87 bits per heavy atom. The monoisotopic (exact) mass is 325 g/mol. The third-order valence-electron chi connectivity index (χ3n) is 4.95. The standard InChI is InChI=1S/C18H35N3O2/c1-13-12-21(5)10-9-16(13)19-14-7-6-8-15(11-14)20-17(22)23-18(2,3)4/h13-16,19H,6-12H2,1-5H3,(H,20,22). The smallest absolute Gasteiger partial charge is 0.407 e. The van der Waals surface area contributed by atoms with Gasteiger partial charge in [0.25, 0.3) is 0 Å². The summed E-state index contributed by atoms with van der Waals surface area (Å²) in [7, 11) is 2.20. The summed E-state index contributed by atoms with van der Waals surface area (Å²) in [6.45, 7) is 10.4. The van der Waals surface area contributed by atoms with Crippen molar-refractivity contribution in [3.05, 3.63) is 0 Å². The van der Waals surface area contributed by atoms with E-state index in [0.717, 1.165) is 12.8 Å². The second-order valence-corrected chi connectivity index (χ2v) is 8.51. The van der Waals surface area contributed by atoms with Crippen LogP contribution in [0.4, 0.5) is 4.79 Å². The molecule has 2 aliphatic rings. The number of hydrogen-bond acceptors (Lipinski definition) is 4. The Morgan fingerprint density at radius 3 is 2.52 bits per heavy atom. The minimum absolute atomic E-state index is 0.234. The average molecular weight is 325 g/mol. The highest BCUT2D eigenvalue weighted by molar-refractivity contribution is 5.68. The van der Waals surface area contributed by atoms with Crippen molar-refractivity contribution >= 4 is 6.09 Å². The van der Waals surface area contributed by atoms with Gasteiger partial charge >= 0.3 is 6.09 Å². The summed E-state index contributed by atoms with van der Waals surface area (Å²) in [6, 6.07) is 1.36. The highest BCUT2D eigenvalue weighted by atomic mass is 16.6. The van der Waals surface area contributed by atoms with Crippen LogP contribution in [0.25, 0.3) is 0 Å². The van der Waals surface area contributed by atoms with Gasteiger partial charge in [0.05, 0.1) is 0 Å². The first-order chi connectivity index (χ1) is 10.7. The van der Waals surface area contributed by atoms with Gasteiger partial charge in [-0.2, -0.15) is 0 Å². The SMILES string of the molecule is CC1CN(C)CCC1NC1CCCC(NC(=O)OC(C)(C)C)C1. The lowest BCUT2D eigenvalue weighted by Crippen LogP contribution is -2.53. The van der Waals surface area contributed by atoms with Crippen LogP contribution in [0, 0.1) is 5.92 Å². The Kier molecular flexibility index (Phi) is 6.32. The first-order valence-corrected chi connectivity index (χ1v) is 9.17. The van der Waals surface area contributed by atoms with Crippen LogP contribution in [0.3, 0.4) is 0 Å². The van der Waals surface area contributed by atoms with Crippen molar-refractivity contribution in [2.45, 2.75) is 83.5 Å². The molecule has 2 N–H and O–H groups in total. The van der Waals surface area contributed by atoms with E-state index in [-0.39, 0.29) is 12.1 Å². The molecule has 4 unspecified atom stereocenters. The molecule has 0 aromatic carbocycles. The molecular weight excluding hydrogens is 290 g/mol. The molecule has 23 heavy (non-hydrogen) atoms. The third kappa shape index (κ3) is 6.30. The van der Waals surface area contributed by atoms with Crippen molar-refractivity contribution < 1.29 is 9.53 Å². The van der Waals surface area contributed by atoms with Gasteiger partial charge in [-0.05, 0) is 72.4 Å². The van der Waals surface area contributed by atoms with Gasteiger partial charge in [-0.1, -0.05) is 6.92 Å². The number of hydrogen-bond donors (Lipinski definition) is 2. The van der Waals surface area contributed by atoms with Crippen LogP contribution in [-0.4, -0.2) is 54.9 Å². The maximum absolute atomic E-state index is 12.0. The second kappa shape index (κ2) is 7.84. The Labute approximate surface area is 141 Å². The molecule has 1 saturated heterocycles. The van der Waals surface area contributed by atoms with E-state index in [2.05, 4.69) is 29.5 Å². The fourth-order valence-electron chi connectivity index (χ4n) is 3.85. The van der Waals surface area contributed by atoms with Crippen LogP contribution in [0.5, 0.6) is 0 Å². The number of carbonyl (C=O) groups excluding carboxylic acids is 1. The summed E-state index contributed by atoms with van der Waals surface area (Å²) in [6.07, 6.45) is 5.39. The molecular formula is C18H35N3O2. The van der Waals surface area contributed by atoms with Gasteiger partial charge in [0.15, 0.2) is 0 Å². The van der Waals surface area contributed by atoms with Crippen LogP contribution < -0.4 is 10.6 Å². The number of carbonyl (C=O) groups is 1. The molecule has 0 radical (unpaired) electrons. The molecule has 1 heterocycles. The number of nitrogens with one attached hydrogen (secondary N) is 2. The summed E-state index contributed by atoms with van der Waals surface area (Å²) in [5.41, 5.74) is -0.431. The number of alkyl carbamates (subject to hydrolysis) is 1. The van der Waals surface area contributed by atoms with E-state index >= 15 is 0 Å². The molecule has 1 aliphatic carbocycles. The molecule has 5 nitrogen and oxygen atoms in total. The van der Waals surface area contributed by atoms with Gasteiger partial charge in [0.1, 0.15) is 5.60 Å². The molecule has 1 saturated carbocycles. The first-order valence-electron chi connectivity index (χ1n) is 9.17. The highest BCUT2D eigenvalue weighted by Crippen LogP contribution is 2.23. The normalized spacial score (nSPS) is 33.3. The fourth-order valence-corrected chi connectivity index (χ4v) is 3.85. The largest absolute Gasteiger partial charge is 0.444 e. The fraction of sp³-hybridized carbons (Fsp3) is 0.944. The highest BCUT2D eigenvalue weighted by Gasteiger charge is 2.30. The Morgan fingerprint density at radius 1 is 1.17 bits per heavy atom. The topological polar surface area (TPSA) is 53.6 Å². The van der Waals surface area contributed by atoms with Crippen molar-refractivity contribution in [3.63, 3.8) is 0 Å². The van der Waals surface area contributed by atoms with Gasteiger partial charge in [0, 0.05) is 24.7 Å². The number of ether oxygens (including phenoxy) is 1. The van der Waals surface area contributed by atoms with Crippen LogP contribution >= 0.6 is 0 Å². The van der Waals surface area contributed by atoms with Gasteiger partial charge in [0.2, 0.25) is 0 Å². The second-order valence-electron chi connectivity index (χ2n) is 8.51. The van der Waals surface area contributed by atoms with Gasteiger partial charge in [-0.25, -0.2) is 4.79 Å². The van der Waals surface area contributed by atoms with E-state index in [1.54, 1.807) is 0 Å². The zero-order chi connectivity index (χ0) is 17.0. The predicted octanol–water partition coefficient (Wildman–Crippen LogP) is 2.75. The van der Waals surface area contributed by atoms with E-state index < -0.39 is 5.60 Å². The third-order valence-corrected chi connectivity index (χ3v) is 4.95. The van der Waals surface area contributed by atoms with E-state index in [4.69, 9.17) is 4.74 Å². The molecule has 2 fully saturated rings. The van der Waals surface area contributed by atoms with Gasteiger partial charge in [-0.15, -0.1) is 0 Å². The maximum atomic E-state index is 12.0. The van der Waals surface area contributed by atoms with Crippen LogP contribution in [-0.2, 0) is 4.74 Å². The lowest BCUT2D eigenvalue weighted by atomic mass is 9.87. The molecule has 1 aliphatic heterocycles. The van der Waals surface area contributed by atoms with Crippen molar-refractivity contribution in [2.75, 3.05) is 20.1 Å². The molecule has 0 bridgehead atoms. The molecule has 1 amide bonds. The summed E-state index contributed by atoms with van der Waals surface area (Å²) in [5, 5.41) is 6.91. The minimum Gasteiger partial charge on any atom is -0.444 e. The number of rotatable bonds is 3. The van der Waals surface area contributed by atoms with E-state index in [0.29, 0.717) is 18.0 Å². The van der Waals surface area contributed by atoms with Gasteiger partial charge < -0.3 is 20.3 Å². The average Bonchev–Trinajstić information content (AvgIpc) is 2.40. The lowest BCUT2D eigenvalue weighted by Gasteiger charge is -2.39. The molecule has 0 spiro atoms. The molecule has 4 atom stereocenters. The number of likely N-dealkylation sites (tertiary alicyclic amines) is 1. The van der Waals surface area contributed by atoms with E-state index in [9.17, 15) is 4.79 Å². The molecule has 5 heteroatoms. The number of nitrogens with zero attached hydrogens (tertiary/aromatic N) is 1. The van der Waals surface area contributed by atoms with Gasteiger partial charge in [-0.3, -0.25) is 0 Å². The molecule has 134 valence electrons. The number of piperidine rings is 1. The zero-order valence-corrected chi connectivity index (χ0v) is 15.5. The predicted molar refractivity (Wildman–Crippen MR) is 93.6 cm³/mol. The molecule has 0 aromatic rings. The lowest BCUT2D eigenvalue weighted by molar-refractivity contribution is 0.0485. The number of amides is 1. The van der Waals surface area contributed by atoms with Crippen LogP contribution in [0.1, 0.15) is 59.8 Å². The van der Waals surface area contributed by atoms with Crippen molar-refractivity contribution in [3.8, 4) is 0 Å². The Balaban J connectivity index is 1.78. The minimum atomic E-state index is -0.431. The summed E-state index contributed by atoms with van der Waals surface area (Å²) in [5.74, 6) is 0.688. The van der Waals surface area contributed by atoms with Crippen LogP contribution in [0.2, 0.25) is 0 Å². The van der Waals surface area contributed by atoms with Crippen molar-refractivity contribution in [2.24, 2.45) is 5.92 Å². The summed E-state index contributed by atoms with van der Waals surface area (Å²) >= 11 is 0. The van der Waals surface area contributed by atoms with Crippen molar-refractivity contribution in [1.82, 2.24) is 15.5 Å². The maximum Gasteiger partial charge on any atom is 0.407 e. The Bertz CT molecular complexity index is 394. The van der Waals surface area contributed by atoms with Crippen molar-refractivity contribution in [1.29, 1.82) is 0 Å². The summed E-state index contributed by atoms with van der Waals surface area (Å²) < 4.78 is 5.38. The molecule has 0 aromatic heterocycles. The molecule has 2 rings (SSSR count). The summed E-state index contributed by atoms with van der Waals surface area (Å²) in [4.78, 5) is 14.4. The quantitative estimate of drug-likeness (QED) is 0.838.